The highest BCUT2D eigenvalue weighted by molar-refractivity contribution is 6.15. The van der Waals surface area contributed by atoms with Crippen molar-refractivity contribution in [2.45, 2.75) is 0 Å². The van der Waals surface area contributed by atoms with Crippen molar-refractivity contribution in [1.29, 1.82) is 0 Å². The lowest BCUT2D eigenvalue weighted by atomic mass is 9.92. The molecule has 0 heterocycles. The van der Waals surface area contributed by atoms with Crippen molar-refractivity contribution in [1.82, 2.24) is 0 Å². The predicted molar refractivity (Wildman–Crippen MR) is 210 cm³/mol. The predicted octanol–water partition coefficient (Wildman–Crippen LogP) is 13.6. The molecule has 9 rings (SSSR count). The minimum atomic E-state index is 1.11. The van der Waals surface area contributed by atoms with Gasteiger partial charge in [0, 0.05) is 16.9 Å². The van der Waals surface area contributed by atoms with Gasteiger partial charge in [0.15, 0.2) is 0 Å². The van der Waals surface area contributed by atoms with Gasteiger partial charge in [0.1, 0.15) is 0 Å². The molecule has 0 saturated heterocycles. The first kappa shape index (κ1) is 28.8. The molecule has 0 radical (unpaired) electrons. The Morgan fingerprint density at radius 2 is 0.776 bits per heavy atom. The zero-order chi connectivity index (χ0) is 32.6. The van der Waals surface area contributed by atoms with E-state index in [-0.39, 0.29) is 0 Å². The van der Waals surface area contributed by atoms with Crippen molar-refractivity contribution < 1.29 is 0 Å². The SMILES string of the molecule is c1ccc(-c2ccc(N(c3ccc(-c4cccc5ccccc45)cc3)c3ccccc3-c3cc4ccccc4c4ccccc34)cc2)cc1. The van der Waals surface area contributed by atoms with Gasteiger partial charge in [0.2, 0.25) is 0 Å². The Bertz CT molecular complexity index is 2580. The number of benzene rings is 9. The fourth-order valence-electron chi connectivity index (χ4n) is 7.30. The molecule has 9 aromatic rings. The molecule has 0 aliphatic carbocycles. The second-order valence-corrected chi connectivity index (χ2v) is 12.5. The third kappa shape index (κ3) is 5.23. The van der Waals surface area contributed by atoms with Crippen LogP contribution in [0.1, 0.15) is 0 Å². The van der Waals surface area contributed by atoms with Crippen LogP contribution in [0.2, 0.25) is 0 Å². The maximum absolute atomic E-state index is 2.40. The second kappa shape index (κ2) is 12.3. The lowest BCUT2D eigenvalue weighted by Gasteiger charge is -2.28. The van der Waals surface area contributed by atoms with Crippen LogP contribution in [0.3, 0.4) is 0 Å². The maximum atomic E-state index is 2.40. The zero-order valence-electron chi connectivity index (χ0n) is 27.0. The molecular weight excluding hydrogens is 591 g/mol. The van der Waals surface area contributed by atoms with Crippen LogP contribution in [-0.4, -0.2) is 0 Å². The average Bonchev–Trinajstić information content (AvgIpc) is 3.19. The summed E-state index contributed by atoms with van der Waals surface area (Å²) in [7, 11) is 0. The number of rotatable bonds is 6. The van der Waals surface area contributed by atoms with Gasteiger partial charge in [0.25, 0.3) is 0 Å². The summed E-state index contributed by atoms with van der Waals surface area (Å²) in [5.41, 5.74) is 10.6. The van der Waals surface area contributed by atoms with E-state index in [1.54, 1.807) is 0 Å². The molecule has 0 aromatic heterocycles. The molecule has 0 amide bonds. The molecule has 0 spiro atoms. The van der Waals surface area contributed by atoms with Gasteiger partial charge in [0.05, 0.1) is 5.69 Å². The number of hydrogen-bond acceptors (Lipinski definition) is 1. The Labute approximate surface area is 287 Å². The number of hydrogen-bond donors (Lipinski definition) is 0. The molecule has 1 nitrogen and oxygen atoms in total. The minimum Gasteiger partial charge on any atom is -0.310 e. The minimum absolute atomic E-state index is 1.11. The molecule has 49 heavy (non-hydrogen) atoms. The number of para-hydroxylation sites is 1. The van der Waals surface area contributed by atoms with Crippen LogP contribution in [0, 0.1) is 0 Å². The third-order valence-corrected chi connectivity index (χ3v) is 9.66. The monoisotopic (exact) mass is 623 g/mol. The Kier molecular flexibility index (Phi) is 7.22. The van der Waals surface area contributed by atoms with Gasteiger partial charge in [-0.3, -0.25) is 0 Å². The molecule has 0 fully saturated rings. The molecule has 1 heteroatoms. The van der Waals surface area contributed by atoms with Crippen molar-refractivity contribution >= 4 is 49.4 Å². The highest BCUT2D eigenvalue weighted by Crippen LogP contribution is 2.45. The first-order chi connectivity index (χ1) is 24.3. The van der Waals surface area contributed by atoms with Gasteiger partial charge in [-0.1, -0.05) is 164 Å². The lowest BCUT2D eigenvalue weighted by molar-refractivity contribution is 1.28. The summed E-state index contributed by atoms with van der Waals surface area (Å²) in [5, 5.41) is 7.55. The Morgan fingerprint density at radius 1 is 0.265 bits per heavy atom. The number of anilines is 3. The molecule has 0 atom stereocenters. The molecule has 0 bridgehead atoms. The van der Waals surface area contributed by atoms with Crippen LogP contribution in [0.4, 0.5) is 17.1 Å². The van der Waals surface area contributed by atoms with E-state index in [4.69, 9.17) is 0 Å². The molecule has 0 aliphatic heterocycles. The molecule has 0 aliphatic rings. The van der Waals surface area contributed by atoms with Crippen LogP contribution in [-0.2, 0) is 0 Å². The van der Waals surface area contributed by atoms with E-state index in [0.29, 0.717) is 0 Å². The van der Waals surface area contributed by atoms with Crippen molar-refractivity contribution in [3.63, 3.8) is 0 Å². The standard InChI is InChI=1S/C48H33N/c1-2-13-34(14-3-1)35-25-29-39(30-26-35)49(40-31-27-37(28-32-40)42-23-12-17-36-15-4-6-18-41(36)42)48-24-11-10-22-46(48)47-33-38-16-5-7-19-43(38)44-20-8-9-21-45(44)47/h1-33H. The molecule has 9 aromatic carbocycles. The van der Waals surface area contributed by atoms with Crippen LogP contribution < -0.4 is 4.90 Å². The fourth-order valence-corrected chi connectivity index (χ4v) is 7.30. The van der Waals surface area contributed by atoms with Gasteiger partial charge >= 0.3 is 0 Å². The third-order valence-electron chi connectivity index (χ3n) is 9.66. The van der Waals surface area contributed by atoms with Crippen LogP contribution >= 0.6 is 0 Å². The van der Waals surface area contributed by atoms with E-state index in [1.807, 2.05) is 0 Å². The summed E-state index contributed by atoms with van der Waals surface area (Å²) in [6, 6.07) is 72.4. The Hall–Kier alpha value is -6.44. The summed E-state index contributed by atoms with van der Waals surface area (Å²) < 4.78 is 0. The summed E-state index contributed by atoms with van der Waals surface area (Å²) in [6.07, 6.45) is 0. The lowest BCUT2D eigenvalue weighted by Crippen LogP contribution is -2.11. The van der Waals surface area contributed by atoms with Crippen molar-refractivity contribution in [3.8, 4) is 33.4 Å². The largest absolute Gasteiger partial charge is 0.310 e. The van der Waals surface area contributed by atoms with Gasteiger partial charge in [-0.25, -0.2) is 0 Å². The van der Waals surface area contributed by atoms with Crippen molar-refractivity contribution in [2.24, 2.45) is 0 Å². The maximum Gasteiger partial charge on any atom is 0.0540 e. The summed E-state index contributed by atoms with van der Waals surface area (Å²) in [4.78, 5) is 2.40. The summed E-state index contributed by atoms with van der Waals surface area (Å²) >= 11 is 0. The van der Waals surface area contributed by atoms with Crippen LogP contribution in [0.25, 0.3) is 65.7 Å². The normalized spacial score (nSPS) is 11.3. The number of fused-ring (bicyclic) bond motifs is 4. The fraction of sp³-hybridized carbons (Fsp3) is 0. The van der Waals surface area contributed by atoms with E-state index in [2.05, 4.69) is 205 Å². The molecule has 0 saturated carbocycles. The topological polar surface area (TPSA) is 3.24 Å². The van der Waals surface area contributed by atoms with Crippen LogP contribution in [0.15, 0.2) is 200 Å². The Balaban J connectivity index is 1.23. The molecule has 230 valence electrons. The Morgan fingerprint density at radius 3 is 1.53 bits per heavy atom. The van der Waals surface area contributed by atoms with E-state index in [0.717, 1.165) is 17.1 Å². The van der Waals surface area contributed by atoms with Gasteiger partial charge < -0.3 is 4.90 Å². The van der Waals surface area contributed by atoms with Crippen molar-refractivity contribution in [2.75, 3.05) is 4.90 Å². The first-order valence-corrected chi connectivity index (χ1v) is 16.9. The van der Waals surface area contributed by atoms with Gasteiger partial charge in [-0.15, -0.1) is 0 Å². The quantitative estimate of drug-likeness (QED) is 0.167. The molecule has 0 N–H and O–H groups in total. The van der Waals surface area contributed by atoms with E-state index in [9.17, 15) is 0 Å². The van der Waals surface area contributed by atoms with Crippen LogP contribution in [0.5, 0.6) is 0 Å². The number of nitrogens with zero attached hydrogens (tertiary/aromatic N) is 1. The van der Waals surface area contributed by atoms with Gasteiger partial charge in [-0.05, 0) is 96.5 Å². The highest BCUT2D eigenvalue weighted by Gasteiger charge is 2.19. The molecular formula is C48H33N. The van der Waals surface area contributed by atoms with E-state index < -0.39 is 0 Å². The summed E-state index contributed by atoms with van der Waals surface area (Å²) in [6.45, 7) is 0. The molecule has 0 unspecified atom stereocenters. The zero-order valence-corrected chi connectivity index (χ0v) is 27.0. The van der Waals surface area contributed by atoms with Gasteiger partial charge in [-0.2, -0.15) is 0 Å². The van der Waals surface area contributed by atoms with Crippen molar-refractivity contribution in [3.05, 3.63) is 200 Å². The second-order valence-electron chi connectivity index (χ2n) is 12.5. The summed E-state index contributed by atoms with van der Waals surface area (Å²) in [5.74, 6) is 0. The van der Waals surface area contributed by atoms with E-state index >= 15 is 0 Å². The van der Waals surface area contributed by atoms with E-state index in [1.165, 1.54) is 65.7 Å². The smallest absolute Gasteiger partial charge is 0.0540 e. The first-order valence-electron chi connectivity index (χ1n) is 16.9. The highest BCUT2D eigenvalue weighted by atomic mass is 15.1. The average molecular weight is 624 g/mol.